The number of nitrogens with zero attached hydrogens (tertiary/aromatic N) is 6. The van der Waals surface area contributed by atoms with Gasteiger partial charge in [0.15, 0.2) is 5.82 Å². The number of benzene rings is 2. The van der Waals surface area contributed by atoms with E-state index in [4.69, 9.17) is 4.74 Å². The summed E-state index contributed by atoms with van der Waals surface area (Å²) in [6, 6.07) is 16.3. The van der Waals surface area contributed by atoms with Crippen LogP contribution >= 0.6 is 0 Å². The first-order chi connectivity index (χ1) is 15.6. The number of piperazine rings is 1. The van der Waals surface area contributed by atoms with Crippen molar-refractivity contribution < 1.29 is 4.74 Å². The molecule has 0 bridgehead atoms. The van der Waals surface area contributed by atoms with Gasteiger partial charge < -0.3 is 14.5 Å². The molecule has 5 rings (SSSR count). The number of aromatic nitrogens is 4. The average Bonchev–Trinajstić information content (AvgIpc) is 3.15. The van der Waals surface area contributed by atoms with E-state index >= 15 is 0 Å². The van der Waals surface area contributed by atoms with Crippen molar-refractivity contribution in [3.8, 4) is 5.75 Å². The SMILES string of the molecule is COc1cccc(Cn2nc3c(N4CCN(c5ccc(C)cc5)CC4)nccn3c2=O)c1. The third kappa shape index (κ3) is 3.79. The standard InChI is InChI=1S/C24H26N6O2/c1-18-6-8-20(9-7-18)27-12-14-28(15-13-27)22-23-26-30(24(31)29(23)11-10-25-22)17-19-4-3-5-21(16-19)32-2/h3-11,16H,12-15,17H2,1-2H3. The molecule has 0 atom stereocenters. The normalized spacial score (nSPS) is 14.2. The summed E-state index contributed by atoms with van der Waals surface area (Å²) in [5, 5.41) is 4.63. The van der Waals surface area contributed by atoms with Crippen molar-refractivity contribution in [3.05, 3.63) is 82.5 Å². The van der Waals surface area contributed by atoms with Crippen LogP contribution in [0, 0.1) is 6.92 Å². The maximum Gasteiger partial charge on any atom is 0.350 e. The van der Waals surface area contributed by atoms with Gasteiger partial charge in [-0.1, -0.05) is 29.8 Å². The summed E-state index contributed by atoms with van der Waals surface area (Å²) in [4.78, 5) is 22.1. The number of fused-ring (bicyclic) bond motifs is 1. The summed E-state index contributed by atoms with van der Waals surface area (Å²) in [6.45, 7) is 5.89. The lowest BCUT2D eigenvalue weighted by atomic mass is 10.2. The Labute approximate surface area is 186 Å². The van der Waals surface area contributed by atoms with Crippen molar-refractivity contribution in [1.82, 2.24) is 19.2 Å². The minimum Gasteiger partial charge on any atom is -0.497 e. The first kappa shape index (κ1) is 20.1. The van der Waals surface area contributed by atoms with E-state index in [2.05, 4.69) is 51.1 Å². The molecule has 1 fully saturated rings. The van der Waals surface area contributed by atoms with E-state index in [9.17, 15) is 4.79 Å². The molecule has 0 radical (unpaired) electrons. The van der Waals surface area contributed by atoms with Gasteiger partial charge in [-0.3, -0.25) is 0 Å². The Morgan fingerprint density at radius 1 is 1.00 bits per heavy atom. The Balaban J connectivity index is 1.38. The quantitative estimate of drug-likeness (QED) is 0.485. The Bertz CT molecular complexity index is 1290. The molecule has 8 heteroatoms. The van der Waals surface area contributed by atoms with Crippen LogP contribution in [0.3, 0.4) is 0 Å². The van der Waals surface area contributed by atoms with E-state index in [1.54, 1.807) is 23.9 Å². The second-order valence-corrected chi connectivity index (χ2v) is 8.05. The summed E-state index contributed by atoms with van der Waals surface area (Å²) in [5.74, 6) is 1.51. The van der Waals surface area contributed by atoms with Gasteiger partial charge in [-0.2, -0.15) is 0 Å². The van der Waals surface area contributed by atoms with Crippen LogP contribution in [0.1, 0.15) is 11.1 Å². The highest BCUT2D eigenvalue weighted by Gasteiger charge is 2.22. The van der Waals surface area contributed by atoms with Crippen molar-refractivity contribution >= 4 is 17.2 Å². The van der Waals surface area contributed by atoms with Crippen LogP contribution in [0.2, 0.25) is 0 Å². The van der Waals surface area contributed by atoms with Crippen LogP contribution in [-0.2, 0) is 6.54 Å². The molecule has 0 saturated carbocycles. The predicted octanol–water partition coefficient (Wildman–Crippen LogP) is 2.58. The molecule has 0 spiro atoms. The molecule has 2 aromatic carbocycles. The van der Waals surface area contributed by atoms with Crippen molar-refractivity contribution in [2.45, 2.75) is 13.5 Å². The molecule has 0 amide bonds. The van der Waals surface area contributed by atoms with Gasteiger partial charge in [0.05, 0.1) is 13.7 Å². The van der Waals surface area contributed by atoms with Gasteiger partial charge in [0.1, 0.15) is 5.75 Å². The van der Waals surface area contributed by atoms with Gasteiger partial charge in [0.2, 0.25) is 5.65 Å². The Hall–Kier alpha value is -3.81. The number of methoxy groups -OCH3 is 1. The smallest absolute Gasteiger partial charge is 0.350 e. The van der Waals surface area contributed by atoms with Crippen molar-refractivity contribution in [1.29, 1.82) is 0 Å². The van der Waals surface area contributed by atoms with Crippen LogP contribution in [-0.4, -0.2) is 52.5 Å². The molecule has 3 heterocycles. The molecule has 0 N–H and O–H groups in total. The van der Waals surface area contributed by atoms with E-state index in [1.165, 1.54) is 15.9 Å². The van der Waals surface area contributed by atoms with E-state index in [0.29, 0.717) is 12.2 Å². The summed E-state index contributed by atoms with van der Waals surface area (Å²) < 4.78 is 8.36. The topological polar surface area (TPSA) is 67.9 Å². The summed E-state index contributed by atoms with van der Waals surface area (Å²) in [7, 11) is 1.63. The Kier molecular flexibility index (Phi) is 5.26. The monoisotopic (exact) mass is 430 g/mol. The fraction of sp³-hybridized carbons (Fsp3) is 0.292. The minimum atomic E-state index is -0.176. The average molecular weight is 431 g/mol. The molecule has 4 aromatic rings. The van der Waals surface area contributed by atoms with Gasteiger partial charge in [0.25, 0.3) is 0 Å². The molecule has 0 aliphatic carbocycles. The van der Waals surface area contributed by atoms with Gasteiger partial charge in [-0.25, -0.2) is 18.9 Å². The second kappa shape index (κ2) is 8.37. The fourth-order valence-electron chi connectivity index (χ4n) is 4.14. The predicted molar refractivity (Wildman–Crippen MR) is 125 cm³/mol. The van der Waals surface area contributed by atoms with Crippen LogP contribution < -0.4 is 20.2 Å². The van der Waals surface area contributed by atoms with Crippen molar-refractivity contribution in [2.24, 2.45) is 0 Å². The molecule has 164 valence electrons. The highest BCUT2D eigenvalue weighted by Crippen LogP contribution is 2.22. The van der Waals surface area contributed by atoms with E-state index < -0.39 is 0 Å². The molecule has 0 unspecified atom stereocenters. The molecule has 8 nitrogen and oxygen atoms in total. The van der Waals surface area contributed by atoms with E-state index in [-0.39, 0.29) is 5.69 Å². The lowest BCUT2D eigenvalue weighted by Gasteiger charge is -2.36. The molecular formula is C24H26N6O2. The minimum absolute atomic E-state index is 0.176. The van der Waals surface area contributed by atoms with Crippen LogP contribution in [0.15, 0.2) is 65.7 Å². The molecule has 1 aliphatic heterocycles. The summed E-state index contributed by atoms with van der Waals surface area (Å²) >= 11 is 0. The zero-order valence-corrected chi connectivity index (χ0v) is 18.3. The summed E-state index contributed by atoms with van der Waals surface area (Å²) in [6.07, 6.45) is 3.35. The maximum absolute atomic E-state index is 13.0. The highest BCUT2D eigenvalue weighted by molar-refractivity contribution is 5.64. The highest BCUT2D eigenvalue weighted by atomic mass is 16.5. The number of aryl methyl sites for hydroxylation is 1. The first-order valence-corrected chi connectivity index (χ1v) is 10.8. The van der Waals surface area contributed by atoms with Crippen LogP contribution in [0.4, 0.5) is 11.5 Å². The van der Waals surface area contributed by atoms with Gasteiger partial charge in [-0.05, 0) is 36.8 Å². The number of hydrogen-bond acceptors (Lipinski definition) is 6. The Morgan fingerprint density at radius 2 is 1.75 bits per heavy atom. The van der Waals surface area contributed by atoms with Gasteiger partial charge >= 0.3 is 5.69 Å². The van der Waals surface area contributed by atoms with Crippen molar-refractivity contribution in [2.75, 3.05) is 43.1 Å². The van der Waals surface area contributed by atoms with E-state index in [0.717, 1.165) is 43.3 Å². The van der Waals surface area contributed by atoms with Crippen LogP contribution in [0.25, 0.3) is 5.65 Å². The number of hydrogen-bond donors (Lipinski definition) is 0. The first-order valence-electron chi connectivity index (χ1n) is 10.8. The largest absolute Gasteiger partial charge is 0.497 e. The zero-order chi connectivity index (χ0) is 22.1. The number of anilines is 2. The summed E-state index contributed by atoms with van der Waals surface area (Å²) in [5.41, 5.74) is 3.86. The fourth-order valence-corrected chi connectivity index (χ4v) is 4.14. The maximum atomic E-state index is 13.0. The van der Waals surface area contributed by atoms with Crippen molar-refractivity contribution in [3.63, 3.8) is 0 Å². The number of ether oxygens (including phenoxy) is 1. The molecule has 1 saturated heterocycles. The molecule has 32 heavy (non-hydrogen) atoms. The second-order valence-electron chi connectivity index (χ2n) is 8.05. The molecule has 1 aliphatic rings. The Morgan fingerprint density at radius 3 is 2.50 bits per heavy atom. The molecular weight excluding hydrogens is 404 g/mol. The van der Waals surface area contributed by atoms with E-state index in [1.807, 2.05) is 24.3 Å². The number of rotatable bonds is 5. The third-order valence-electron chi connectivity index (χ3n) is 5.93. The van der Waals surface area contributed by atoms with Gasteiger partial charge in [0, 0.05) is 44.3 Å². The zero-order valence-electron chi connectivity index (χ0n) is 18.3. The van der Waals surface area contributed by atoms with Crippen LogP contribution in [0.5, 0.6) is 5.75 Å². The lowest BCUT2D eigenvalue weighted by molar-refractivity contribution is 0.414. The molecule has 2 aromatic heterocycles. The van der Waals surface area contributed by atoms with Gasteiger partial charge in [-0.15, -0.1) is 5.10 Å². The third-order valence-corrected chi connectivity index (χ3v) is 5.93. The lowest BCUT2D eigenvalue weighted by Crippen LogP contribution is -2.47.